The molecule has 0 unspecified atom stereocenters. The van der Waals surface area contributed by atoms with Gasteiger partial charge in [-0.2, -0.15) is 0 Å². The fourth-order valence-corrected chi connectivity index (χ4v) is 0.770. The molecule has 0 aromatic heterocycles. The van der Waals surface area contributed by atoms with E-state index in [2.05, 4.69) is 9.47 Å². The predicted molar refractivity (Wildman–Crippen MR) is 113 cm³/mol. The van der Waals surface area contributed by atoms with Gasteiger partial charge in [-0.05, 0) is 0 Å². The summed E-state index contributed by atoms with van der Waals surface area (Å²) in [5.74, 6) is 0. The van der Waals surface area contributed by atoms with Gasteiger partial charge in [0.25, 0.3) is 0 Å². The molecule has 24 heavy (non-hydrogen) atoms. The maximum Gasteiger partial charge on any atom is 0.0351 e. The lowest BCUT2D eigenvalue weighted by Crippen LogP contribution is -1.55. The lowest BCUT2D eigenvalue weighted by Gasteiger charge is -1.69. The maximum atomic E-state index is 4.25. The van der Waals surface area contributed by atoms with Crippen LogP contribution in [0, 0.1) is 0 Å². The molecule has 0 bridgehead atoms. The molecule has 0 saturated carbocycles. The van der Waals surface area contributed by atoms with Crippen LogP contribution in [0.4, 0.5) is 0 Å². The molecule has 0 saturated heterocycles. The fourth-order valence-electron chi connectivity index (χ4n) is 0.770. The van der Waals surface area contributed by atoms with Gasteiger partial charge in [0, 0.05) is 28.4 Å². The summed E-state index contributed by atoms with van der Waals surface area (Å²) in [6.45, 7) is 12.0. The average Bonchev–Trinajstić information content (AvgIpc) is 2.71. The molecule has 0 aliphatic carbocycles. The van der Waals surface area contributed by atoms with E-state index in [1.807, 2.05) is 114 Å². The minimum absolute atomic E-state index is 1.62. The minimum Gasteiger partial charge on any atom is -0.388 e. The van der Waals surface area contributed by atoms with Crippen molar-refractivity contribution in [1.82, 2.24) is 0 Å². The molecule has 0 atom stereocenters. The molecule has 0 aliphatic rings. The highest BCUT2D eigenvalue weighted by atomic mass is 16.5. The first kappa shape index (κ1) is 33.9. The molecule has 0 aliphatic heterocycles. The fraction of sp³-hybridized carbons (Fsp3) is 0.455. The Labute approximate surface area is 152 Å². The van der Waals surface area contributed by atoms with Crippen LogP contribution in [-0.2, 0) is 9.47 Å². The summed E-state index contributed by atoms with van der Waals surface area (Å²) >= 11 is 0. The van der Waals surface area contributed by atoms with Gasteiger partial charge in [0.2, 0.25) is 0 Å². The van der Waals surface area contributed by atoms with Crippen molar-refractivity contribution in [3.63, 3.8) is 0 Å². The summed E-state index contributed by atoms with van der Waals surface area (Å²) in [4.78, 5) is 0. The summed E-state index contributed by atoms with van der Waals surface area (Å²) in [6.07, 6.45) is 0. The Morgan fingerprint density at radius 1 is 0.292 bits per heavy atom. The molecule has 0 fully saturated rings. The van der Waals surface area contributed by atoms with E-state index in [9.17, 15) is 0 Å². The summed E-state index contributed by atoms with van der Waals surface area (Å²) in [5.41, 5.74) is 0. The Bertz CT molecular complexity index is 209. The molecule has 0 spiro atoms. The molecule has 0 N–H and O–H groups in total. The van der Waals surface area contributed by atoms with E-state index >= 15 is 0 Å². The van der Waals surface area contributed by atoms with Gasteiger partial charge in [-0.3, -0.25) is 0 Å². The van der Waals surface area contributed by atoms with Crippen LogP contribution in [0.1, 0.15) is 41.5 Å². The second kappa shape index (κ2) is 58.0. The molecule has 0 heterocycles. The number of hydrogen-bond donors (Lipinski definition) is 0. The van der Waals surface area contributed by atoms with E-state index in [1.165, 1.54) is 0 Å². The van der Waals surface area contributed by atoms with Crippen molar-refractivity contribution in [3.05, 3.63) is 72.8 Å². The first-order chi connectivity index (χ1) is 11.8. The summed E-state index contributed by atoms with van der Waals surface area (Å²) < 4.78 is 8.50. The third-order valence-electron chi connectivity index (χ3n) is 1.33. The molecule has 2 rings (SSSR count). The highest BCUT2D eigenvalue weighted by Gasteiger charge is 1.58. The Balaban J connectivity index is -0.0000000629. The second-order valence-corrected chi connectivity index (χ2v) is 3.13. The van der Waals surface area contributed by atoms with Crippen molar-refractivity contribution in [2.24, 2.45) is 0 Å². The maximum absolute atomic E-state index is 4.25. The molecule has 142 valence electrons. The zero-order valence-electron chi connectivity index (χ0n) is 17.7. The number of benzene rings is 2. The van der Waals surface area contributed by atoms with E-state index in [0.717, 1.165) is 0 Å². The zero-order valence-corrected chi connectivity index (χ0v) is 17.7. The average molecular weight is 339 g/mol. The zero-order chi connectivity index (χ0) is 19.9. The van der Waals surface area contributed by atoms with Crippen molar-refractivity contribution >= 4 is 0 Å². The highest BCUT2D eigenvalue weighted by molar-refractivity contribution is 4.99. The summed E-state index contributed by atoms with van der Waals surface area (Å²) in [6, 6.07) is 24.0. The molecular weight excluding hydrogens is 296 g/mol. The largest absolute Gasteiger partial charge is 0.388 e. The van der Waals surface area contributed by atoms with E-state index in [4.69, 9.17) is 0 Å². The van der Waals surface area contributed by atoms with E-state index in [1.54, 1.807) is 28.4 Å². The SMILES string of the molecule is CC.CC.CC.COC.COC.c1ccccc1.c1ccccc1. The normalized spacial score (nSPS) is 6.25. The van der Waals surface area contributed by atoms with Crippen LogP contribution < -0.4 is 0 Å². The van der Waals surface area contributed by atoms with Gasteiger partial charge < -0.3 is 9.47 Å². The smallest absolute Gasteiger partial charge is 0.0351 e. The lowest BCUT2D eigenvalue weighted by molar-refractivity contribution is 0.277. The molecular formula is C22H42O2. The Morgan fingerprint density at radius 3 is 0.375 bits per heavy atom. The van der Waals surface area contributed by atoms with Gasteiger partial charge in [0.1, 0.15) is 0 Å². The van der Waals surface area contributed by atoms with Crippen LogP contribution in [-0.4, -0.2) is 28.4 Å². The molecule has 2 aromatic rings. The topological polar surface area (TPSA) is 18.5 Å². The molecule has 2 aromatic carbocycles. The third kappa shape index (κ3) is 71.1. The standard InChI is InChI=1S/2C6H6.2C2H6O.3C2H6/c2*1-2-4-6-5-3-1;2*1-3-2;3*1-2/h2*1-6H;2*1-2H3;3*1-2H3. The number of hydrogen-bond acceptors (Lipinski definition) is 2. The molecule has 0 amide bonds. The first-order valence-corrected chi connectivity index (χ1v) is 8.63. The van der Waals surface area contributed by atoms with Gasteiger partial charge in [-0.1, -0.05) is 114 Å². The molecule has 2 heteroatoms. The predicted octanol–water partition coefficient (Wildman–Crippen LogP) is 6.98. The summed E-state index contributed by atoms with van der Waals surface area (Å²) in [7, 11) is 6.50. The van der Waals surface area contributed by atoms with Crippen LogP contribution in [0.5, 0.6) is 0 Å². The van der Waals surface area contributed by atoms with Crippen molar-refractivity contribution in [2.45, 2.75) is 41.5 Å². The third-order valence-corrected chi connectivity index (χ3v) is 1.33. The Kier molecular flexibility index (Phi) is 81.7. The number of ether oxygens (including phenoxy) is 2. The van der Waals surface area contributed by atoms with Crippen LogP contribution in [0.25, 0.3) is 0 Å². The van der Waals surface area contributed by atoms with Crippen molar-refractivity contribution in [2.75, 3.05) is 28.4 Å². The quantitative estimate of drug-likeness (QED) is 0.516. The van der Waals surface area contributed by atoms with E-state index in [-0.39, 0.29) is 0 Å². The van der Waals surface area contributed by atoms with Crippen LogP contribution in [0.15, 0.2) is 72.8 Å². The molecule has 2 nitrogen and oxygen atoms in total. The Morgan fingerprint density at radius 2 is 0.333 bits per heavy atom. The van der Waals surface area contributed by atoms with Gasteiger partial charge >= 0.3 is 0 Å². The number of methoxy groups -OCH3 is 2. The first-order valence-electron chi connectivity index (χ1n) is 8.63. The second-order valence-electron chi connectivity index (χ2n) is 3.13. The van der Waals surface area contributed by atoms with Crippen LogP contribution in [0.3, 0.4) is 0 Å². The molecule has 0 radical (unpaired) electrons. The van der Waals surface area contributed by atoms with Crippen molar-refractivity contribution in [1.29, 1.82) is 0 Å². The number of rotatable bonds is 0. The highest BCUT2D eigenvalue weighted by Crippen LogP contribution is 1.80. The van der Waals surface area contributed by atoms with Crippen LogP contribution >= 0.6 is 0 Å². The van der Waals surface area contributed by atoms with E-state index < -0.39 is 0 Å². The van der Waals surface area contributed by atoms with Crippen molar-refractivity contribution in [3.8, 4) is 0 Å². The minimum atomic E-state index is 1.62. The van der Waals surface area contributed by atoms with Crippen molar-refractivity contribution < 1.29 is 9.47 Å². The van der Waals surface area contributed by atoms with E-state index in [0.29, 0.717) is 0 Å². The van der Waals surface area contributed by atoms with Gasteiger partial charge in [0.15, 0.2) is 0 Å². The van der Waals surface area contributed by atoms with Gasteiger partial charge in [0.05, 0.1) is 0 Å². The summed E-state index contributed by atoms with van der Waals surface area (Å²) in [5, 5.41) is 0. The lowest BCUT2D eigenvalue weighted by atomic mass is 10.4. The monoisotopic (exact) mass is 338 g/mol. The Hall–Kier alpha value is -1.64. The van der Waals surface area contributed by atoms with Gasteiger partial charge in [-0.15, -0.1) is 0 Å². The van der Waals surface area contributed by atoms with Crippen LogP contribution in [0.2, 0.25) is 0 Å². The van der Waals surface area contributed by atoms with Gasteiger partial charge in [-0.25, -0.2) is 0 Å².